The van der Waals surface area contributed by atoms with Gasteiger partial charge in [0.15, 0.2) is 0 Å². The standard InChI is InChI=1S/C16H18O3S/c1-18-13-8-12(9-14(10-13)19-2)16(17)11-20-15-6-4-3-5-7-15/h3-10,16-17H,11H2,1-2H3. The minimum absolute atomic E-state index is 0.566. The molecule has 106 valence electrons. The van der Waals surface area contributed by atoms with E-state index in [1.807, 2.05) is 42.5 Å². The lowest BCUT2D eigenvalue weighted by Gasteiger charge is -2.13. The second-order valence-electron chi connectivity index (χ2n) is 4.29. The quantitative estimate of drug-likeness (QED) is 0.826. The Kier molecular flexibility index (Phi) is 5.32. The fourth-order valence-corrected chi connectivity index (χ4v) is 2.70. The highest BCUT2D eigenvalue weighted by Gasteiger charge is 2.11. The number of aliphatic hydroxyl groups is 1. The van der Waals surface area contributed by atoms with Crippen LogP contribution in [0.25, 0.3) is 0 Å². The molecule has 0 fully saturated rings. The predicted molar refractivity (Wildman–Crippen MR) is 81.7 cm³/mol. The van der Waals surface area contributed by atoms with Crippen molar-refractivity contribution < 1.29 is 14.6 Å². The first-order valence-electron chi connectivity index (χ1n) is 6.32. The van der Waals surface area contributed by atoms with Crippen LogP contribution < -0.4 is 9.47 Å². The van der Waals surface area contributed by atoms with Crippen LogP contribution in [0, 0.1) is 0 Å². The van der Waals surface area contributed by atoms with Crippen LogP contribution in [-0.2, 0) is 0 Å². The molecule has 4 heteroatoms. The summed E-state index contributed by atoms with van der Waals surface area (Å²) in [4.78, 5) is 1.14. The number of methoxy groups -OCH3 is 2. The molecule has 0 bridgehead atoms. The van der Waals surface area contributed by atoms with Crippen LogP contribution >= 0.6 is 11.8 Å². The minimum atomic E-state index is -0.566. The summed E-state index contributed by atoms with van der Waals surface area (Å²) in [5.41, 5.74) is 0.796. The van der Waals surface area contributed by atoms with E-state index < -0.39 is 6.10 Å². The summed E-state index contributed by atoms with van der Waals surface area (Å²) in [7, 11) is 3.20. The fourth-order valence-electron chi connectivity index (χ4n) is 1.81. The Morgan fingerprint density at radius 1 is 1.00 bits per heavy atom. The van der Waals surface area contributed by atoms with Crippen molar-refractivity contribution in [3.05, 3.63) is 54.1 Å². The summed E-state index contributed by atoms with van der Waals surface area (Å²) in [6.45, 7) is 0. The van der Waals surface area contributed by atoms with Gasteiger partial charge in [0.2, 0.25) is 0 Å². The normalized spacial score (nSPS) is 11.9. The van der Waals surface area contributed by atoms with E-state index in [-0.39, 0.29) is 0 Å². The average molecular weight is 290 g/mol. The first-order valence-corrected chi connectivity index (χ1v) is 7.30. The number of ether oxygens (including phenoxy) is 2. The smallest absolute Gasteiger partial charge is 0.122 e. The maximum atomic E-state index is 10.3. The van der Waals surface area contributed by atoms with Gasteiger partial charge in [-0.1, -0.05) is 18.2 Å². The second kappa shape index (κ2) is 7.22. The predicted octanol–water partition coefficient (Wildman–Crippen LogP) is 3.53. The molecular weight excluding hydrogens is 272 g/mol. The minimum Gasteiger partial charge on any atom is -0.497 e. The fraction of sp³-hybridized carbons (Fsp3) is 0.250. The maximum absolute atomic E-state index is 10.3. The molecule has 0 aliphatic rings. The number of hydrogen-bond donors (Lipinski definition) is 1. The van der Waals surface area contributed by atoms with E-state index >= 15 is 0 Å². The molecule has 1 unspecified atom stereocenters. The molecular formula is C16H18O3S. The van der Waals surface area contributed by atoms with Gasteiger partial charge in [-0.3, -0.25) is 0 Å². The van der Waals surface area contributed by atoms with E-state index in [0.29, 0.717) is 17.3 Å². The van der Waals surface area contributed by atoms with Gasteiger partial charge in [-0.25, -0.2) is 0 Å². The molecule has 0 spiro atoms. The molecule has 0 radical (unpaired) electrons. The first-order chi connectivity index (χ1) is 9.72. The monoisotopic (exact) mass is 290 g/mol. The van der Waals surface area contributed by atoms with Gasteiger partial charge in [0.25, 0.3) is 0 Å². The zero-order valence-electron chi connectivity index (χ0n) is 11.6. The van der Waals surface area contributed by atoms with Gasteiger partial charge < -0.3 is 14.6 Å². The number of benzene rings is 2. The van der Waals surface area contributed by atoms with Gasteiger partial charge in [0, 0.05) is 16.7 Å². The van der Waals surface area contributed by atoms with Crippen molar-refractivity contribution >= 4 is 11.8 Å². The van der Waals surface area contributed by atoms with Crippen molar-refractivity contribution in [1.82, 2.24) is 0 Å². The topological polar surface area (TPSA) is 38.7 Å². The summed E-state index contributed by atoms with van der Waals surface area (Å²) < 4.78 is 10.4. The van der Waals surface area contributed by atoms with Crippen molar-refractivity contribution in [2.45, 2.75) is 11.0 Å². The van der Waals surface area contributed by atoms with Gasteiger partial charge in [-0.15, -0.1) is 11.8 Å². The first kappa shape index (κ1) is 14.8. The molecule has 0 saturated carbocycles. The lowest BCUT2D eigenvalue weighted by molar-refractivity contribution is 0.203. The molecule has 0 aromatic heterocycles. The zero-order chi connectivity index (χ0) is 14.4. The van der Waals surface area contributed by atoms with Gasteiger partial charge in [-0.05, 0) is 29.8 Å². The molecule has 2 aromatic carbocycles. The van der Waals surface area contributed by atoms with E-state index in [1.54, 1.807) is 32.0 Å². The SMILES string of the molecule is COc1cc(OC)cc(C(O)CSc2ccccc2)c1. The summed E-state index contributed by atoms with van der Waals surface area (Å²) in [5.74, 6) is 1.95. The molecule has 20 heavy (non-hydrogen) atoms. The number of thioether (sulfide) groups is 1. The summed E-state index contributed by atoms with van der Waals surface area (Å²) in [6.07, 6.45) is -0.566. The average Bonchev–Trinajstić information content (AvgIpc) is 2.52. The van der Waals surface area contributed by atoms with E-state index in [9.17, 15) is 5.11 Å². The van der Waals surface area contributed by atoms with Crippen LogP contribution in [0.5, 0.6) is 11.5 Å². The number of rotatable bonds is 6. The molecule has 0 amide bonds. The Balaban J connectivity index is 2.06. The third-order valence-corrected chi connectivity index (χ3v) is 4.00. The third-order valence-electron chi connectivity index (χ3n) is 2.91. The Hall–Kier alpha value is -1.65. The summed E-state index contributed by atoms with van der Waals surface area (Å²) in [6, 6.07) is 15.5. The lowest BCUT2D eigenvalue weighted by atomic mass is 10.1. The second-order valence-corrected chi connectivity index (χ2v) is 5.38. The summed E-state index contributed by atoms with van der Waals surface area (Å²) >= 11 is 1.62. The molecule has 3 nitrogen and oxygen atoms in total. The zero-order valence-corrected chi connectivity index (χ0v) is 12.4. The van der Waals surface area contributed by atoms with Crippen LogP contribution in [0.15, 0.2) is 53.4 Å². The Bertz CT molecular complexity index is 520. The van der Waals surface area contributed by atoms with Crippen LogP contribution in [-0.4, -0.2) is 25.1 Å². The Morgan fingerprint density at radius 3 is 2.15 bits per heavy atom. The Morgan fingerprint density at radius 2 is 1.60 bits per heavy atom. The van der Waals surface area contributed by atoms with Crippen LogP contribution in [0.1, 0.15) is 11.7 Å². The number of aliphatic hydroxyl groups excluding tert-OH is 1. The van der Waals surface area contributed by atoms with Gasteiger partial charge in [-0.2, -0.15) is 0 Å². The van der Waals surface area contributed by atoms with Crippen LogP contribution in [0.3, 0.4) is 0 Å². The van der Waals surface area contributed by atoms with Gasteiger partial charge in [0.1, 0.15) is 11.5 Å². The van der Waals surface area contributed by atoms with E-state index in [1.165, 1.54) is 0 Å². The van der Waals surface area contributed by atoms with Crippen molar-refractivity contribution in [2.24, 2.45) is 0 Å². The highest BCUT2D eigenvalue weighted by atomic mass is 32.2. The maximum Gasteiger partial charge on any atom is 0.122 e. The summed E-state index contributed by atoms with van der Waals surface area (Å²) in [5, 5.41) is 10.3. The molecule has 0 saturated heterocycles. The lowest BCUT2D eigenvalue weighted by Crippen LogP contribution is -2.02. The van der Waals surface area contributed by atoms with Crippen molar-refractivity contribution in [1.29, 1.82) is 0 Å². The van der Waals surface area contributed by atoms with E-state index in [2.05, 4.69) is 0 Å². The van der Waals surface area contributed by atoms with Crippen LogP contribution in [0.4, 0.5) is 0 Å². The molecule has 2 aromatic rings. The van der Waals surface area contributed by atoms with E-state index in [4.69, 9.17) is 9.47 Å². The van der Waals surface area contributed by atoms with Crippen molar-refractivity contribution in [2.75, 3.05) is 20.0 Å². The molecule has 0 aliphatic carbocycles. The molecule has 1 atom stereocenters. The molecule has 1 N–H and O–H groups in total. The highest BCUT2D eigenvalue weighted by molar-refractivity contribution is 7.99. The van der Waals surface area contributed by atoms with E-state index in [0.717, 1.165) is 10.5 Å². The van der Waals surface area contributed by atoms with Crippen molar-refractivity contribution in [3.8, 4) is 11.5 Å². The number of hydrogen-bond acceptors (Lipinski definition) is 4. The molecule has 2 rings (SSSR count). The Labute approximate surface area is 123 Å². The van der Waals surface area contributed by atoms with Gasteiger partial charge >= 0.3 is 0 Å². The van der Waals surface area contributed by atoms with Gasteiger partial charge in [0.05, 0.1) is 20.3 Å². The largest absolute Gasteiger partial charge is 0.497 e. The van der Waals surface area contributed by atoms with Crippen LogP contribution in [0.2, 0.25) is 0 Å². The highest BCUT2D eigenvalue weighted by Crippen LogP contribution is 2.29. The molecule has 0 aliphatic heterocycles. The van der Waals surface area contributed by atoms with Crippen molar-refractivity contribution in [3.63, 3.8) is 0 Å². The third kappa shape index (κ3) is 3.92. The molecule has 0 heterocycles.